The maximum absolute atomic E-state index is 11.4. The Morgan fingerprint density at radius 3 is 2.18 bits per heavy atom. The standard InChI is InChI=1S/C12H20O5/c13-7-1-2-11(10(14)15)3-5-12(6-4-11)16-8-9-17-12/h13H,1-9H2,(H,14,15). The van der Waals surface area contributed by atoms with Crippen molar-refractivity contribution in [3.63, 3.8) is 0 Å². The summed E-state index contributed by atoms with van der Waals surface area (Å²) in [5.41, 5.74) is -0.691. The molecule has 1 spiro atoms. The first-order valence-corrected chi connectivity index (χ1v) is 6.25. The van der Waals surface area contributed by atoms with Gasteiger partial charge in [0.25, 0.3) is 0 Å². The van der Waals surface area contributed by atoms with Gasteiger partial charge in [0.15, 0.2) is 5.79 Å². The van der Waals surface area contributed by atoms with Gasteiger partial charge in [0.1, 0.15) is 0 Å². The fraction of sp³-hybridized carbons (Fsp3) is 0.917. The summed E-state index contributed by atoms with van der Waals surface area (Å²) in [6.45, 7) is 1.26. The molecule has 0 atom stereocenters. The molecule has 1 aliphatic heterocycles. The van der Waals surface area contributed by atoms with Crippen molar-refractivity contribution in [1.82, 2.24) is 0 Å². The summed E-state index contributed by atoms with van der Waals surface area (Å²) in [4.78, 5) is 11.4. The summed E-state index contributed by atoms with van der Waals surface area (Å²) in [5.74, 6) is -1.27. The minimum absolute atomic E-state index is 0.0488. The summed E-state index contributed by atoms with van der Waals surface area (Å²) in [7, 11) is 0. The van der Waals surface area contributed by atoms with E-state index in [9.17, 15) is 9.90 Å². The van der Waals surface area contributed by atoms with E-state index in [-0.39, 0.29) is 6.61 Å². The van der Waals surface area contributed by atoms with Gasteiger partial charge in [-0.15, -0.1) is 0 Å². The van der Waals surface area contributed by atoms with Crippen LogP contribution in [0, 0.1) is 5.41 Å². The molecule has 0 aromatic rings. The van der Waals surface area contributed by atoms with Gasteiger partial charge in [-0.2, -0.15) is 0 Å². The van der Waals surface area contributed by atoms with Gasteiger partial charge in [-0.05, 0) is 25.7 Å². The molecule has 2 rings (SSSR count). The van der Waals surface area contributed by atoms with E-state index in [1.807, 2.05) is 0 Å². The molecule has 5 nitrogen and oxygen atoms in total. The summed E-state index contributed by atoms with van der Waals surface area (Å²) >= 11 is 0. The quantitative estimate of drug-likeness (QED) is 0.775. The third-order valence-corrected chi connectivity index (χ3v) is 4.05. The number of hydrogen-bond acceptors (Lipinski definition) is 4. The number of ether oxygens (including phenoxy) is 2. The predicted octanol–water partition coefficient (Wildman–Crippen LogP) is 1.15. The van der Waals surface area contributed by atoms with Gasteiger partial charge < -0.3 is 19.7 Å². The van der Waals surface area contributed by atoms with Crippen molar-refractivity contribution in [1.29, 1.82) is 0 Å². The Morgan fingerprint density at radius 1 is 1.12 bits per heavy atom. The molecule has 5 heteroatoms. The van der Waals surface area contributed by atoms with E-state index in [2.05, 4.69) is 0 Å². The smallest absolute Gasteiger partial charge is 0.309 e. The zero-order valence-electron chi connectivity index (χ0n) is 9.98. The molecule has 2 fully saturated rings. The predicted molar refractivity (Wildman–Crippen MR) is 59.5 cm³/mol. The third-order valence-electron chi connectivity index (χ3n) is 4.05. The molecular weight excluding hydrogens is 224 g/mol. The van der Waals surface area contributed by atoms with Crippen molar-refractivity contribution in [2.75, 3.05) is 19.8 Å². The van der Waals surface area contributed by atoms with Crippen LogP contribution in [0.25, 0.3) is 0 Å². The van der Waals surface area contributed by atoms with Gasteiger partial charge in [0.05, 0.1) is 18.6 Å². The maximum Gasteiger partial charge on any atom is 0.309 e. The van der Waals surface area contributed by atoms with Crippen LogP contribution in [-0.4, -0.2) is 41.8 Å². The van der Waals surface area contributed by atoms with Crippen LogP contribution < -0.4 is 0 Å². The summed E-state index contributed by atoms with van der Waals surface area (Å²) < 4.78 is 11.2. The Bertz CT molecular complexity index is 273. The van der Waals surface area contributed by atoms with E-state index in [0.29, 0.717) is 51.7 Å². The average Bonchev–Trinajstić information content (AvgIpc) is 2.77. The van der Waals surface area contributed by atoms with Crippen LogP contribution in [-0.2, 0) is 14.3 Å². The highest BCUT2D eigenvalue weighted by molar-refractivity contribution is 5.74. The van der Waals surface area contributed by atoms with Gasteiger partial charge in [0.2, 0.25) is 0 Å². The number of hydrogen-bond donors (Lipinski definition) is 2. The first kappa shape index (κ1) is 12.8. The third kappa shape index (κ3) is 2.46. The van der Waals surface area contributed by atoms with Crippen LogP contribution in [0.4, 0.5) is 0 Å². The van der Waals surface area contributed by atoms with Gasteiger partial charge in [0, 0.05) is 19.4 Å². The van der Waals surface area contributed by atoms with Crippen LogP contribution in [0.2, 0.25) is 0 Å². The Labute approximate surface area is 101 Å². The zero-order chi connectivity index (χ0) is 12.4. The lowest BCUT2D eigenvalue weighted by atomic mass is 9.69. The molecule has 1 saturated carbocycles. The SMILES string of the molecule is O=C(O)C1(CCCO)CCC2(CC1)OCCO2. The van der Waals surface area contributed by atoms with E-state index in [0.717, 1.165) is 0 Å². The molecule has 2 aliphatic rings. The monoisotopic (exact) mass is 244 g/mol. The van der Waals surface area contributed by atoms with Crippen molar-refractivity contribution < 1.29 is 24.5 Å². The van der Waals surface area contributed by atoms with E-state index < -0.39 is 17.2 Å². The highest BCUT2D eigenvalue weighted by Gasteiger charge is 2.49. The number of aliphatic hydroxyl groups is 1. The number of carbonyl (C=O) groups is 1. The van der Waals surface area contributed by atoms with Crippen LogP contribution in [0.3, 0.4) is 0 Å². The fourth-order valence-corrected chi connectivity index (χ4v) is 2.88. The number of aliphatic carboxylic acids is 1. The van der Waals surface area contributed by atoms with E-state index in [1.54, 1.807) is 0 Å². The molecule has 2 N–H and O–H groups in total. The largest absolute Gasteiger partial charge is 0.481 e. The lowest BCUT2D eigenvalue weighted by molar-refractivity contribution is -0.198. The summed E-state index contributed by atoms with van der Waals surface area (Å²) in [6, 6.07) is 0. The van der Waals surface area contributed by atoms with Crippen molar-refractivity contribution in [3.8, 4) is 0 Å². The van der Waals surface area contributed by atoms with Crippen molar-refractivity contribution in [2.45, 2.75) is 44.3 Å². The van der Waals surface area contributed by atoms with E-state index >= 15 is 0 Å². The molecule has 1 heterocycles. The topological polar surface area (TPSA) is 76.0 Å². The molecule has 1 aliphatic carbocycles. The highest BCUT2D eigenvalue weighted by Crippen LogP contribution is 2.47. The first-order chi connectivity index (χ1) is 8.13. The molecule has 98 valence electrons. The van der Waals surface area contributed by atoms with Gasteiger partial charge >= 0.3 is 5.97 Å². The van der Waals surface area contributed by atoms with E-state index in [4.69, 9.17) is 14.6 Å². The minimum atomic E-state index is -0.751. The molecule has 1 saturated heterocycles. The number of rotatable bonds is 4. The van der Waals surface area contributed by atoms with Crippen LogP contribution >= 0.6 is 0 Å². The molecule has 0 aromatic heterocycles. The van der Waals surface area contributed by atoms with Crippen molar-refractivity contribution in [3.05, 3.63) is 0 Å². The van der Waals surface area contributed by atoms with Crippen LogP contribution in [0.5, 0.6) is 0 Å². The van der Waals surface area contributed by atoms with Gasteiger partial charge in [-0.3, -0.25) is 4.79 Å². The van der Waals surface area contributed by atoms with E-state index in [1.165, 1.54) is 0 Å². The second kappa shape index (κ2) is 4.92. The molecule has 0 amide bonds. The Morgan fingerprint density at radius 2 is 1.71 bits per heavy atom. The Balaban J connectivity index is 1.99. The maximum atomic E-state index is 11.4. The molecule has 0 aromatic carbocycles. The molecular formula is C12H20O5. The minimum Gasteiger partial charge on any atom is -0.481 e. The number of carboxylic acid groups (broad SMARTS) is 1. The van der Waals surface area contributed by atoms with Crippen LogP contribution in [0.1, 0.15) is 38.5 Å². The Kier molecular flexibility index (Phi) is 3.70. The molecule has 0 unspecified atom stereocenters. The summed E-state index contributed by atoms with van der Waals surface area (Å²) in [5, 5.41) is 18.2. The van der Waals surface area contributed by atoms with Crippen molar-refractivity contribution in [2.24, 2.45) is 5.41 Å². The molecule has 17 heavy (non-hydrogen) atoms. The molecule has 0 bridgehead atoms. The zero-order valence-corrected chi connectivity index (χ0v) is 9.98. The highest BCUT2D eigenvalue weighted by atomic mass is 16.7. The van der Waals surface area contributed by atoms with Crippen LogP contribution in [0.15, 0.2) is 0 Å². The number of aliphatic hydroxyl groups excluding tert-OH is 1. The Hall–Kier alpha value is -0.650. The second-order valence-electron chi connectivity index (χ2n) is 5.02. The lowest BCUT2D eigenvalue weighted by Gasteiger charge is -2.41. The lowest BCUT2D eigenvalue weighted by Crippen LogP contribution is -2.43. The normalized spacial score (nSPS) is 26.2. The first-order valence-electron chi connectivity index (χ1n) is 6.25. The van der Waals surface area contributed by atoms with Gasteiger partial charge in [-0.1, -0.05) is 0 Å². The summed E-state index contributed by atoms with van der Waals surface area (Å²) in [6.07, 6.45) is 3.51. The second-order valence-corrected chi connectivity index (χ2v) is 5.02. The van der Waals surface area contributed by atoms with Gasteiger partial charge in [-0.25, -0.2) is 0 Å². The average molecular weight is 244 g/mol. The molecule has 0 radical (unpaired) electrons. The van der Waals surface area contributed by atoms with Crippen molar-refractivity contribution >= 4 is 5.97 Å². The fourth-order valence-electron chi connectivity index (χ4n) is 2.88. The number of carboxylic acids is 1.